The Bertz CT molecular complexity index is 905. The Hall–Kier alpha value is -2.67. The lowest BCUT2D eigenvalue weighted by molar-refractivity contribution is 0.102. The fourth-order valence-corrected chi connectivity index (χ4v) is 3.63. The van der Waals surface area contributed by atoms with Gasteiger partial charge in [-0.25, -0.2) is 0 Å². The highest BCUT2D eigenvalue weighted by Crippen LogP contribution is 2.41. The average Bonchev–Trinajstić information content (AvgIpc) is 3.45. The van der Waals surface area contributed by atoms with Crippen LogP contribution in [0.15, 0.2) is 53.9 Å². The molecule has 0 spiro atoms. The van der Waals surface area contributed by atoms with Crippen molar-refractivity contribution in [3.05, 3.63) is 54.4 Å². The van der Waals surface area contributed by atoms with Crippen LogP contribution in [0, 0.1) is 0 Å². The molecule has 1 aliphatic carbocycles. The van der Waals surface area contributed by atoms with Crippen LogP contribution in [-0.2, 0) is 0 Å². The van der Waals surface area contributed by atoms with E-state index in [1.54, 1.807) is 43.8 Å². The van der Waals surface area contributed by atoms with E-state index >= 15 is 0 Å². The van der Waals surface area contributed by atoms with E-state index in [-0.39, 0.29) is 5.78 Å². The Balaban J connectivity index is 1.51. The standard InChI is InChI=1S/C19H18N4O2S/c1-25-16-6-2-13(3-7-16)17(24)12-26-19-22-21-18(23(19)15-4-5-15)14-8-10-20-11-9-14/h2-3,6-11,15H,4-5,12H2,1H3. The van der Waals surface area contributed by atoms with Gasteiger partial charge in [0.1, 0.15) is 5.75 Å². The molecule has 0 amide bonds. The molecule has 1 fully saturated rings. The molecule has 132 valence electrons. The van der Waals surface area contributed by atoms with Crippen molar-refractivity contribution >= 4 is 17.5 Å². The Labute approximate surface area is 155 Å². The van der Waals surface area contributed by atoms with Gasteiger partial charge in [0.05, 0.1) is 12.9 Å². The summed E-state index contributed by atoms with van der Waals surface area (Å²) in [5, 5.41) is 9.48. The van der Waals surface area contributed by atoms with Gasteiger partial charge in [-0.1, -0.05) is 11.8 Å². The van der Waals surface area contributed by atoms with Crippen LogP contribution in [0.4, 0.5) is 0 Å². The molecule has 7 heteroatoms. The minimum absolute atomic E-state index is 0.0634. The van der Waals surface area contributed by atoms with E-state index in [0.717, 1.165) is 35.1 Å². The monoisotopic (exact) mass is 366 g/mol. The van der Waals surface area contributed by atoms with E-state index in [1.165, 1.54) is 11.8 Å². The Morgan fingerprint density at radius 3 is 2.54 bits per heavy atom. The van der Waals surface area contributed by atoms with Gasteiger partial charge in [-0.3, -0.25) is 14.3 Å². The van der Waals surface area contributed by atoms with Gasteiger partial charge >= 0.3 is 0 Å². The van der Waals surface area contributed by atoms with E-state index in [4.69, 9.17) is 4.74 Å². The molecule has 26 heavy (non-hydrogen) atoms. The first kappa shape index (κ1) is 16.8. The molecule has 1 saturated carbocycles. The third kappa shape index (κ3) is 3.48. The Morgan fingerprint density at radius 2 is 1.88 bits per heavy atom. The predicted octanol–water partition coefficient (Wildman–Crippen LogP) is 3.66. The lowest BCUT2D eigenvalue weighted by Gasteiger charge is -2.08. The fraction of sp³-hybridized carbons (Fsp3) is 0.263. The van der Waals surface area contributed by atoms with Gasteiger partial charge in [-0.05, 0) is 49.2 Å². The highest BCUT2D eigenvalue weighted by molar-refractivity contribution is 7.99. The Morgan fingerprint density at radius 1 is 1.15 bits per heavy atom. The van der Waals surface area contributed by atoms with E-state index < -0.39 is 0 Å². The van der Waals surface area contributed by atoms with Crippen molar-refractivity contribution < 1.29 is 9.53 Å². The number of carbonyl (C=O) groups is 1. The van der Waals surface area contributed by atoms with Crippen LogP contribution in [0.25, 0.3) is 11.4 Å². The second-order valence-electron chi connectivity index (χ2n) is 6.08. The van der Waals surface area contributed by atoms with Crippen LogP contribution in [0.2, 0.25) is 0 Å². The number of rotatable bonds is 7. The first-order valence-corrected chi connectivity index (χ1v) is 9.40. The van der Waals surface area contributed by atoms with Crippen LogP contribution in [0.3, 0.4) is 0 Å². The summed E-state index contributed by atoms with van der Waals surface area (Å²) in [6.45, 7) is 0. The summed E-state index contributed by atoms with van der Waals surface area (Å²) in [6.07, 6.45) is 5.74. The highest BCUT2D eigenvalue weighted by atomic mass is 32.2. The van der Waals surface area contributed by atoms with Gasteiger partial charge < -0.3 is 4.74 Å². The summed E-state index contributed by atoms with van der Waals surface area (Å²) in [6, 6.07) is 11.5. The number of thioether (sulfide) groups is 1. The third-order valence-electron chi connectivity index (χ3n) is 4.26. The molecule has 0 radical (unpaired) electrons. The van der Waals surface area contributed by atoms with Gasteiger partial charge in [0, 0.05) is 29.6 Å². The van der Waals surface area contributed by atoms with Crippen LogP contribution in [-0.4, -0.2) is 38.4 Å². The molecule has 0 atom stereocenters. The van der Waals surface area contributed by atoms with Gasteiger partial charge in [0.2, 0.25) is 0 Å². The quantitative estimate of drug-likeness (QED) is 0.469. The number of ketones is 1. The van der Waals surface area contributed by atoms with Crippen molar-refractivity contribution in [3.8, 4) is 17.1 Å². The SMILES string of the molecule is COc1ccc(C(=O)CSc2nnc(-c3ccncc3)n2C2CC2)cc1. The number of aromatic nitrogens is 4. The summed E-state index contributed by atoms with van der Waals surface area (Å²) in [5.41, 5.74) is 1.66. The van der Waals surface area contributed by atoms with Crippen molar-refractivity contribution in [2.75, 3.05) is 12.9 Å². The summed E-state index contributed by atoms with van der Waals surface area (Å²) < 4.78 is 7.28. The lowest BCUT2D eigenvalue weighted by Crippen LogP contribution is -2.05. The van der Waals surface area contributed by atoms with Gasteiger partial charge in [-0.15, -0.1) is 10.2 Å². The minimum Gasteiger partial charge on any atom is -0.497 e. The molecule has 0 aliphatic heterocycles. The number of nitrogens with zero attached hydrogens (tertiary/aromatic N) is 4. The predicted molar refractivity (Wildman–Crippen MR) is 99.6 cm³/mol. The summed E-state index contributed by atoms with van der Waals surface area (Å²) in [4.78, 5) is 16.5. The van der Waals surface area contributed by atoms with E-state index in [2.05, 4.69) is 19.7 Å². The molecule has 3 aromatic rings. The van der Waals surface area contributed by atoms with E-state index in [1.807, 2.05) is 12.1 Å². The normalized spacial score (nSPS) is 13.6. The second kappa shape index (κ2) is 7.29. The first-order valence-electron chi connectivity index (χ1n) is 8.41. The number of hydrogen-bond acceptors (Lipinski definition) is 6. The van der Waals surface area contributed by atoms with Crippen molar-refractivity contribution in [1.29, 1.82) is 0 Å². The zero-order chi connectivity index (χ0) is 17.9. The zero-order valence-corrected chi connectivity index (χ0v) is 15.1. The topological polar surface area (TPSA) is 69.9 Å². The molecule has 0 saturated heterocycles. The largest absolute Gasteiger partial charge is 0.497 e. The molecule has 4 rings (SSSR count). The third-order valence-corrected chi connectivity index (χ3v) is 5.20. The van der Waals surface area contributed by atoms with E-state index in [9.17, 15) is 4.79 Å². The number of benzene rings is 1. The molecule has 1 aliphatic rings. The zero-order valence-electron chi connectivity index (χ0n) is 14.3. The first-order chi connectivity index (χ1) is 12.8. The van der Waals surface area contributed by atoms with Crippen molar-refractivity contribution in [2.45, 2.75) is 24.0 Å². The number of hydrogen-bond donors (Lipinski definition) is 0. The highest BCUT2D eigenvalue weighted by Gasteiger charge is 2.30. The number of carbonyl (C=O) groups excluding carboxylic acids is 1. The van der Waals surface area contributed by atoms with Crippen LogP contribution in [0.5, 0.6) is 5.75 Å². The average molecular weight is 366 g/mol. The van der Waals surface area contributed by atoms with Gasteiger partial charge in [0.25, 0.3) is 0 Å². The van der Waals surface area contributed by atoms with Crippen LogP contribution < -0.4 is 4.74 Å². The molecule has 1 aromatic carbocycles. The summed E-state index contributed by atoms with van der Waals surface area (Å²) in [7, 11) is 1.61. The molecule has 2 aromatic heterocycles. The number of methoxy groups -OCH3 is 1. The molecule has 0 bridgehead atoms. The molecular weight excluding hydrogens is 348 g/mol. The molecule has 6 nitrogen and oxygen atoms in total. The van der Waals surface area contributed by atoms with Crippen molar-refractivity contribution in [3.63, 3.8) is 0 Å². The second-order valence-corrected chi connectivity index (χ2v) is 7.03. The molecule has 0 unspecified atom stereocenters. The molecular formula is C19H18N4O2S. The van der Waals surface area contributed by atoms with Crippen LogP contribution in [0.1, 0.15) is 29.2 Å². The van der Waals surface area contributed by atoms with Gasteiger partial charge in [0.15, 0.2) is 16.8 Å². The maximum absolute atomic E-state index is 12.5. The molecule has 2 heterocycles. The lowest BCUT2D eigenvalue weighted by atomic mass is 10.1. The number of Topliss-reactive ketones (excluding diaryl/α,β-unsaturated/α-hetero) is 1. The Kier molecular flexibility index (Phi) is 4.71. The van der Waals surface area contributed by atoms with Crippen LogP contribution >= 0.6 is 11.8 Å². The number of pyridine rings is 1. The minimum atomic E-state index is 0.0634. The smallest absolute Gasteiger partial charge is 0.192 e. The molecule has 0 N–H and O–H groups in total. The fourth-order valence-electron chi connectivity index (χ4n) is 2.73. The van der Waals surface area contributed by atoms with Crippen molar-refractivity contribution in [2.24, 2.45) is 0 Å². The summed E-state index contributed by atoms with van der Waals surface area (Å²) in [5.74, 6) is 1.97. The summed E-state index contributed by atoms with van der Waals surface area (Å²) >= 11 is 1.44. The van der Waals surface area contributed by atoms with E-state index in [0.29, 0.717) is 17.4 Å². The maximum Gasteiger partial charge on any atom is 0.192 e. The number of ether oxygens (including phenoxy) is 1. The maximum atomic E-state index is 12.5. The van der Waals surface area contributed by atoms with Gasteiger partial charge in [-0.2, -0.15) is 0 Å². The van der Waals surface area contributed by atoms with Crippen molar-refractivity contribution in [1.82, 2.24) is 19.7 Å².